The molecule has 0 spiro atoms. The van der Waals surface area contributed by atoms with Gasteiger partial charge >= 0.3 is 0 Å². The van der Waals surface area contributed by atoms with E-state index in [0.29, 0.717) is 12.2 Å². The van der Waals surface area contributed by atoms with E-state index in [2.05, 4.69) is 18.9 Å². The molecular weight excluding hydrogens is 274 g/mol. The van der Waals surface area contributed by atoms with Crippen molar-refractivity contribution in [2.75, 3.05) is 6.61 Å². The van der Waals surface area contributed by atoms with E-state index in [-0.39, 0.29) is 5.91 Å². The number of hydrogen-bond donors (Lipinski definition) is 0. The average Bonchev–Trinajstić information content (AvgIpc) is 2.59. The van der Waals surface area contributed by atoms with E-state index >= 15 is 0 Å². The molecule has 0 radical (unpaired) electrons. The molecule has 0 atom stereocenters. The van der Waals surface area contributed by atoms with Gasteiger partial charge in [-0.3, -0.25) is 9.63 Å². The highest BCUT2D eigenvalue weighted by Crippen LogP contribution is 2.06. The molecule has 0 aliphatic heterocycles. The Labute approximate surface area is 131 Å². The predicted octanol–water partition coefficient (Wildman–Crippen LogP) is 3.87. The van der Waals surface area contributed by atoms with Crippen molar-refractivity contribution in [1.29, 1.82) is 0 Å². The fourth-order valence-electron chi connectivity index (χ4n) is 1.78. The molecule has 22 heavy (non-hydrogen) atoms. The minimum absolute atomic E-state index is 0.250. The number of unbranched alkanes of at least 4 members (excludes halogenated alkanes) is 1. The van der Waals surface area contributed by atoms with E-state index in [9.17, 15) is 4.79 Å². The van der Waals surface area contributed by atoms with Gasteiger partial charge in [-0.25, -0.2) is 0 Å². The zero-order valence-electron chi connectivity index (χ0n) is 12.7. The van der Waals surface area contributed by atoms with E-state index in [4.69, 9.17) is 4.84 Å². The molecule has 2 aromatic rings. The maximum Gasteiger partial charge on any atom is 0.289 e. The summed E-state index contributed by atoms with van der Waals surface area (Å²) in [4.78, 5) is 18.0. The van der Waals surface area contributed by atoms with Gasteiger partial charge in [0.1, 0.15) is 0 Å². The van der Waals surface area contributed by atoms with Crippen molar-refractivity contribution in [1.82, 2.24) is 5.06 Å². The Morgan fingerprint density at radius 1 is 1.05 bits per heavy atom. The molecule has 112 valence electrons. The minimum Gasteiger partial charge on any atom is -0.266 e. The van der Waals surface area contributed by atoms with E-state index in [1.54, 1.807) is 12.1 Å². The number of nitrogens with zero attached hydrogens (tertiary/aromatic N) is 1. The van der Waals surface area contributed by atoms with Crippen LogP contribution in [0.1, 0.15) is 35.7 Å². The van der Waals surface area contributed by atoms with E-state index in [1.807, 2.05) is 48.5 Å². The van der Waals surface area contributed by atoms with E-state index in [0.717, 1.165) is 23.5 Å². The summed E-state index contributed by atoms with van der Waals surface area (Å²) in [5.41, 5.74) is 1.40. The number of carbonyl (C=O) groups excluding carboxylic acids is 1. The van der Waals surface area contributed by atoms with Crippen LogP contribution < -0.4 is 0 Å². The summed E-state index contributed by atoms with van der Waals surface area (Å²) in [5.74, 6) is 2.70. The van der Waals surface area contributed by atoms with Gasteiger partial charge in [0.25, 0.3) is 5.91 Å². The fraction of sp³-hybridized carbons (Fsp3) is 0.211. The quantitative estimate of drug-likeness (QED) is 0.362. The minimum atomic E-state index is -0.250. The van der Waals surface area contributed by atoms with Crippen LogP contribution in [0, 0.1) is 12.0 Å². The number of carbonyl (C=O) groups is 1. The zero-order chi connectivity index (χ0) is 15.6. The maximum absolute atomic E-state index is 12.5. The van der Waals surface area contributed by atoms with Crippen molar-refractivity contribution < 1.29 is 9.63 Å². The molecule has 2 rings (SSSR count). The predicted molar refractivity (Wildman–Crippen MR) is 86.8 cm³/mol. The number of hydrogen-bond acceptors (Lipinski definition) is 2. The monoisotopic (exact) mass is 293 g/mol. The van der Waals surface area contributed by atoms with Crippen LogP contribution in [0.2, 0.25) is 0 Å². The Hall–Kier alpha value is -2.57. The van der Waals surface area contributed by atoms with Gasteiger partial charge in [0.05, 0.1) is 6.61 Å². The Kier molecular flexibility index (Phi) is 6.22. The first-order valence-electron chi connectivity index (χ1n) is 7.40. The second-order valence-corrected chi connectivity index (χ2v) is 4.76. The molecule has 0 bridgehead atoms. The average molecular weight is 293 g/mol. The SMILES string of the molecule is CCCCON(C#Cc1ccccc1)C(=O)c1ccccc1. The lowest BCUT2D eigenvalue weighted by atomic mass is 10.2. The van der Waals surface area contributed by atoms with Gasteiger partial charge in [-0.15, -0.1) is 5.06 Å². The summed E-state index contributed by atoms with van der Waals surface area (Å²) in [5, 5.41) is 1.14. The third kappa shape index (κ3) is 4.76. The summed E-state index contributed by atoms with van der Waals surface area (Å²) >= 11 is 0. The van der Waals surface area contributed by atoms with Gasteiger partial charge in [-0.2, -0.15) is 0 Å². The molecule has 0 heterocycles. The van der Waals surface area contributed by atoms with Gasteiger partial charge < -0.3 is 0 Å². The number of rotatable bonds is 5. The molecule has 1 amide bonds. The van der Waals surface area contributed by atoms with Crippen molar-refractivity contribution in [2.24, 2.45) is 0 Å². The Balaban J connectivity index is 2.16. The lowest BCUT2D eigenvalue weighted by Crippen LogP contribution is -2.27. The summed E-state index contributed by atoms with van der Waals surface area (Å²) in [7, 11) is 0. The maximum atomic E-state index is 12.5. The van der Waals surface area contributed by atoms with E-state index in [1.165, 1.54) is 0 Å². The van der Waals surface area contributed by atoms with Crippen LogP contribution in [0.15, 0.2) is 60.7 Å². The van der Waals surface area contributed by atoms with Crippen molar-refractivity contribution in [3.05, 3.63) is 71.8 Å². The topological polar surface area (TPSA) is 29.5 Å². The normalized spacial score (nSPS) is 9.68. The fourth-order valence-corrected chi connectivity index (χ4v) is 1.78. The molecule has 0 N–H and O–H groups in total. The lowest BCUT2D eigenvalue weighted by molar-refractivity contribution is -0.0814. The van der Waals surface area contributed by atoms with Crippen molar-refractivity contribution >= 4 is 5.91 Å². The Morgan fingerprint density at radius 3 is 2.32 bits per heavy atom. The first-order valence-corrected chi connectivity index (χ1v) is 7.40. The van der Waals surface area contributed by atoms with E-state index < -0.39 is 0 Å². The highest BCUT2D eigenvalue weighted by Gasteiger charge is 2.14. The molecule has 3 nitrogen and oxygen atoms in total. The van der Waals surface area contributed by atoms with Gasteiger partial charge in [-0.05, 0) is 36.6 Å². The second kappa shape index (κ2) is 8.66. The van der Waals surface area contributed by atoms with Crippen LogP contribution in [0.5, 0.6) is 0 Å². The third-order valence-corrected chi connectivity index (χ3v) is 3.00. The second-order valence-electron chi connectivity index (χ2n) is 4.76. The molecule has 3 heteroatoms. The summed E-state index contributed by atoms with van der Waals surface area (Å²) in [6, 6.07) is 21.4. The smallest absolute Gasteiger partial charge is 0.266 e. The van der Waals surface area contributed by atoms with Crippen molar-refractivity contribution in [3.8, 4) is 12.0 Å². The molecule has 0 aliphatic rings. The van der Waals surface area contributed by atoms with Crippen LogP contribution in [0.25, 0.3) is 0 Å². The molecule has 0 unspecified atom stereocenters. The first kappa shape index (κ1) is 15.8. The largest absolute Gasteiger partial charge is 0.289 e. The van der Waals surface area contributed by atoms with Gasteiger partial charge in [0, 0.05) is 17.2 Å². The van der Waals surface area contributed by atoms with Gasteiger partial charge in [0.15, 0.2) is 0 Å². The van der Waals surface area contributed by atoms with Crippen molar-refractivity contribution in [3.63, 3.8) is 0 Å². The van der Waals surface area contributed by atoms with Gasteiger partial charge in [0.2, 0.25) is 0 Å². The summed E-state index contributed by atoms with van der Waals surface area (Å²) < 4.78 is 0. The van der Waals surface area contributed by atoms with Crippen LogP contribution in [0.3, 0.4) is 0 Å². The first-order chi connectivity index (χ1) is 10.8. The van der Waals surface area contributed by atoms with Crippen LogP contribution in [0.4, 0.5) is 0 Å². The van der Waals surface area contributed by atoms with Crippen LogP contribution in [-0.4, -0.2) is 17.6 Å². The third-order valence-electron chi connectivity index (χ3n) is 3.00. The number of benzene rings is 2. The molecule has 2 aromatic carbocycles. The Morgan fingerprint density at radius 2 is 1.68 bits per heavy atom. The molecule has 0 fully saturated rings. The highest BCUT2D eigenvalue weighted by molar-refractivity contribution is 5.94. The standard InChI is InChI=1S/C19H19NO2/c1-2-3-16-22-20(15-14-17-10-6-4-7-11-17)19(21)18-12-8-5-9-13-18/h4-13H,2-3,16H2,1H3. The van der Waals surface area contributed by atoms with Gasteiger partial charge in [-0.1, -0.05) is 49.7 Å². The zero-order valence-corrected chi connectivity index (χ0v) is 12.7. The lowest BCUT2D eigenvalue weighted by Gasteiger charge is -2.15. The summed E-state index contributed by atoms with van der Waals surface area (Å²) in [6.45, 7) is 2.54. The van der Waals surface area contributed by atoms with Crippen molar-refractivity contribution in [2.45, 2.75) is 19.8 Å². The molecule has 0 aromatic heterocycles. The van der Waals surface area contributed by atoms with Crippen LogP contribution >= 0.6 is 0 Å². The number of hydroxylamine groups is 2. The highest BCUT2D eigenvalue weighted by atomic mass is 16.7. The molecule has 0 saturated heterocycles. The molecular formula is C19H19NO2. The number of amides is 1. The molecule has 0 saturated carbocycles. The summed E-state index contributed by atoms with van der Waals surface area (Å²) in [6.07, 6.45) is 1.88. The van der Waals surface area contributed by atoms with Crippen LogP contribution in [-0.2, 0) is 4.84 Å². The molecule has 0 aliphatic carbocycles. The Bertz CT molecular complexity index is 641.